The van der Waals surface area contributed by atoms with Gasteiger partial charge in [0.1, 0.15) is 5.75 Å². The number of methoxy groups -OCH3 is 1. The maximum Gasteiger partial charge on any atom is 0.141 e. The van der Waals surface area contributed by atoms with Gasteiger partial charge in [-0.05, 0) is 25.0 Å². The summed E-state index contributed by atoms with van der Waals surface area (Å²) in [6.45, 7) is 4.46. The topological polar surface area (TPSA) is 21.3 Å². The van der Waals surface area contributed by atoms with Gasteiger partial charge in [-0.25, -0.2) is 0 Å². The maximum atomic E-state index is 5.34. The van der Waals surface area contributed by atoms with E-state index in [1.807, 2.05) is 18.2 Å². The maximum absolute atomic E-state index is 5.34. The van der Waals surface area contributed by atoms with Crippen LogP contribution in [0.5, 0.6) is 5.75 Å². The van der Waals surface area contributed by atoms with Gasteiger partial charge in [-0.1, -0.05) is 38.8 Å². The minimum absolute atomic E-state index is 0.561. The summed E-state index contributed by atoms with van der Waals surface area (Å²) in [6, 6.07) is 8.68. The number of nitrogens with one attached hydrogen (secondary N) is 1. The average molecular weight is 221 g/mol. The van der Waals surface area contributed by atoms with Crippen LogP contribution in [0.4, 0.5) is 5.69 Å². The van der Waals surface area contributed by atoms with Crippen LogP contribution in [0.2, 0.25) is 0 Å². The summed E-state index contributed by atoms with van der Waals surface area (Å²) in [5.41, 5.74) is 1.11. The van der Waals surface area contributed by atoms with Gasteiger partial charge < -0.3 is 10.1 Å². The average Bonchev–Trinajstić information content (AvgIpc) is 2.30. The largest absolute Gasteiger partial charge is 0.495 e. The van der Waals surface area contributed by atoms with Crippen molar-refractivity contribution in [1.82, 2.24) is 0 Å². The second kappa shape index (κ2) is 7.15. The normalized spacial score (nSPS) is 10.5. The molecule has 0 aliphatic carbocycles. The molecule has 0 saturated carbocycles. The Balaban J connectivity index is 2.67. The molecule has 16 heavy (non-hydrogen) atoms. The third kappa shape index (κ3) is 3.76. The zero-order chi connectivity index (χ0) is 11.8. The lowest BCUT2D eigenvalue weighted by Crippen LogP contribution is -2.19. The first-order chi connectivity index (χ1) is 7.81. The molecule has 0 heterocycles. The van der Waals surface area contributed by atoms with Crippen molar-refractivity contribution in [2.24, 2.45) is 0 Å². The third-order valence-electron chi connectivity index (χ3n) is 2.74. The Bertz CT molecular complexity index is 293. The number of anilines is 1. The number of hydrogen-bond donors (Lipinski definition) is 1. The standard InChI is InChI=1S/C14H23NO/c1-4-8-12(9-5-2)15-13-10-6-7-11-14(13)16-3/h6-7,10-12,15H,4-5,8-9H2,1-3H3. The van der Waals surface area contributed by atoms with Crippen molar-refractivity contribution in [2.75, 3.05) is 12.4 Å². The Kier molecular flexibility index (Phi) is 5.76. The van der Waals surface area contributed by atoms with Crippen molar-refractivity contribution in [1.29, 1.82) is 0 Å². The van der Waals surface area contributed by atoms with Crippen LogP contribution in [0, 0.1) is 0 Å². The van der Waals surface area contributed by atoms with E-state index in [1.54, 1.807) is 7.11 Å². The van der Waals surface area contributed by atoms with Gasteiger partial charge in [0.15, 0.2) is 0 Å². The molecule has 0 amide bonds. The van der Waals surface area contributed by atoms with Gasteiger partial charge in [-0.15, -0.1) is 0 Å². The van der Waals surface area contributed by atoms with Gasteiger partial charge in [0.2, 0.25) is 0 Å². The zero-order valence-corrected chi connectivity index (χ0v) is 10.6. The van der Waals surface area contributed by atoms with E-state index in [0.29, 0.717) is 6.04 Å². The molecule has 1 aromatic carbocycles. The molecule has 1 rings (SSSR count). The highest BCUT2D eigenvalue weighted by atomic mass is 16.5. The Hall–Kier alpha value is -1.18. The van der Waals surface area contributed by atoms with Crippen molar-refractivity contribution < 1.29 is 4.74 Å². The van der Waals surface area contributed by atoms with Gasteiger partial charge in [-0.2, -0.15) is 0 Å². The lowest BCUT2D eigenvalue weighted by atomic mass is 10.1. The molecule has 90 valence electrons. The van der Waals surface area contributed by atoms with Crippen LogP contribution in [0.3, 0.4) is 0 Å². The quantitative estimate of drug-likeness (QED) is 0.749. The molecule has 0 radical (unpaired) electrons. The van der Waals surface area contributed by atoms with Crippen LogP contribution in [0.15, 0.2) is 24.3 Å². The monoisotopic (exact) mass is 221 g/mol. The van der Waals surface area contributed by atoms with Gasteiger partial charge in [0.25, 0.3) is 0 Å². The van der Waals surface area contributed by atoms with Crippen molar-refractivity contribution in [3.8, 4) is 5.75 Å². The van der Waals surface area contributed by atoms with E-state index in [-0.39, 0.29) is 0 Å². The second-order valence-electron chi connectivity index (χ2n) is 4.12. The number of ether oxygens (including phenoxy) is 1. The number of para-hydroxylation sites is 2. The highest BCUT2D eigenvalue weighted by molar-refractivity contribution is 5.56. The first kappa shape index (κ1) is 12.9. The molecule has 0 unspecified atom stereocenters. The molecule has 0 bridgehead atoms. The number of hydrogen-bond acceptors (Lipinski definition) is 2. The Morgan fingerprint density at radius 1 is 1.12 bits per heavy atom. The van der Waals surface area contributed by atoms with E-state index in [0.717, 1.165) is 11.4 Å². The van der Waals surface area contributed by atoms with Crippen LogP contribution in [0.1, 0.15) is 39.5 Å². The zero-order valence-electron chi connectivity index (χ0n) is 10.6. The molecule has 0 aliphatic rings. The van der Waals surface area contributed by atoms with Crippen LogP contribution in [-0.4, -0.2) is 13.2 Å². The van der Waals surface area contributed by atoms with Gasteiger partial charge >= 0.3 is 0 Å². The van der Waals surface area contributed by atoms with Crippen LogP contribution in [0.25, 0.3) is 0 Å². The molecule has 0 saturated heterocycles. The second-order valence-corrected chi connectivity index (χ2v) is 4.12. The summed E-state index contributed by atoms with van der Waals surface area (Å²) in [5, 5.41) is 3.58. The molecule has 0 spiro atoms. The Labute approximate surface area is 99.0 Å². The molecule has 0 atom stereocenters. The Morgan fingerprint density at radius 2 is 1.75 bits per heavy atom. The van der Waals surface area contributed by atoms with Crippen molar-refractivity contribution in [3.05, 3.63) is 24.3 Å². The van der Waals surface area contributed by atoms with Crippen molar-refractivity contribution in [2.45, 2.75) is 45.6 Å². The minimum Gasteiger partial charge on any atom is -0.495 e. The van der Waals surface area contributed by atoms with Crippen molar-refractivity contribution >= 4 is 5.69 Å². The molecule has 0 fully saturated rings. The summed E-state index contributed by atoms with van der Waals surface area (Å²) >= 11 is 0. The fraction of sp³-hybridized carbons (Fsp3) is 0.571. The van der Waals surface area contributed by atoms with Crippen LogP contribution >= 0.6 is 0 Å². The number of benzene rings is 1. The lowest BCUT2D eigenvalue weighted by Gasteiger charge is -2.20. The molecule has 1 N–H and O–H groups in total. The smallest absolute Gasteiger partial charge is 0.141 e. The van der Waals surface area contributed by atoms with Gasteiger partial charge in [0, 0.05) is 6.04 Å². The van der Waals surface area contributed by atoms with E-state index >= 15 is 0 Å². The molecular formula is C14H23NO. The fourth-order valence-corrected chi connectivity index (χ4v) is 1.97. The first-order valence-electron chi connectivity index (χ1n) is 6.21. The van der Waals surface area contributed by atoms with E-state index in [9.17, 15) is 0 Å². The van der Waals surface area contributed by atoms with E-state index in [4.69, 9.17) is 4.74 Å². The van der Waals surface area contributed by atoms with Crippen LogP contribution < -0.4 is 10.1 Å². The molecular weight excluding hydrogens is 198 g/mol. The predicted molar refractivity (Wildman–Crippen MR) is 70.2 cm³/mol. The summed E-state index contributed by atoms with van der Waals surface area (Å²) < 4.78 is 5.34. The lowest BCUT2D eigenvalue weighted by molar-refractivity contribution is 0.415. The van der Waals surface area contributed by atoms with E-state index in [1.165, 1.54) is 25.7 Å². The third-order valence-corrected chi connectivity index (χ3v) is 2.74. The highest BCUT2D eigenvalue weighted by Gasteiger charge is 2.08. The summed E-state index contributed by atoms with van der Waals surface area (Å²) in [4.78, 5) is 0. The molecule has 2 nitrogen and oxygen atoms in total. The van der Waals surface area contributed by atoms with E-state index in [2.05, 4.69) is 25.2 Å². The highest BCUT2D eigenvalue weighted by Crippen LogP contribution is 2.25. The van der Waals surface area contributed by atoms with E-state index < -0.39 is 0 Å². The predicted octanol–water partition coefficient (Wildman–Crippen LogP) is 4.08. The minimum atomic E-state index is 0.561. The summed E-state index contributed by atoms with van der Waals surface area (Å²) in [6.07, 6.45) is 4.86. The molecule has 2 heteroatoms. The first-order valence-corrected chi connectivity index (χ1v) is 6.21. The number of rotatable bonds is 7. The van der Waals surface area contributed by atoms with Crippen LogP contribution in [-0.2, 0) is 0 Å². The molecule has 0 aromatic heterocycles. The molecule has 0 aliphatic heterocycles. The van der Waals surface area contributed by atoms with Gasteiger partial charge in [-0.3, -0.25) is 0 Å². The SMILES string of the molecule is CCCC(CCC)Nc1ccccc1OC. The molecule has 1 aromatic rings. The Morgan fingerprint density at radius 3 is 2.31 bits per heavy atom. The fourth-order valence-electron chi connectivity index (χ4n) is 1.97. The van der Waals surface area contributed by atoms with Crippen molar-refractivity contribution in [3.63, 3.8) is 0 Å². The summed E-state index contributed by atoms with van der Waals surface area (Å²) in [7, 11) is 1.72. The van der Waals surface area contributed by atoms with Gasteiger partial charge in [0.05, 0.1) is 12.8 Å². The summed E-state index contributed by atoms with van der Waals surface area (Å²) in [5.74, 6) is 0.930.